The predicted octanol–water partition coefficient (Wildman–Crippen LogP) is 3.88. The number of halogens is 1. The molecule has 0 saturated carbocycles. The van der Waals surface area contributed by atoms with Gasteiger partial charge in [0.05, 0.1) is 0 Å². The molecule has 0 aromatic carbocycles. The summed E-state index contributed by atoms with van der Waals surface area (Å²) in [6.07, 6.45) is 6.19. The van der Waals surface area contributed by atoms with Crippen molar-refractivity contribution in [2.75, 3.05) is 6.54 Å². The molecule has 0 fully saturated rings. The fourth-order valence-electron chi connectivity index (χ4n) is 1.25. The Morgan fingerprint density at radius 3 is 2.54 bits per heavy atom. The summed E-state index contributed by atoms with van der Waals surface area (Å²) in [5.74, 6) is 0. The highest BCUT2D eigenvalue weighted by molar-refractivity contribution is 14.1. The van der Waals surface area contributed by atoms with Crippen LogP contribution >= 0.6 is 22.6 Å². The molecule has 13 heavy (non-hydrogen) atoms. The van der Waals surface area contributed by atoms with Gasteiger partial charge >= 0.3 is 0 Å². The molecule has 0 aromatic heterocycles. The molecule has 0 saturated heterocycles. The standard InChI is InChI=1S/C11H22IN/c1-4-6-10(3)13-9-8-11(12)7-5-2/h11,13H,3-9H2,1-2H3. The second-order valence-electron chi connectivity index (χ2n) is 3.45. The molecule has 1 unspecified atom stereocenters. The Morgan fingerprint density at radius 1 is 1.31 bits per heavy atom. The topological polar surface area (TPSA) is 12.0 Å². The summed E-state index contributed by atoms with van der Waals surface area (Å²) >= 11 is 2.54. The maximum atomic E-state index is 3.97. The lowest BCUT2D eigenvalue weighted by atomic mass is 10.2. The van der Waals surface area contributed by atoms with Crippen molar-refractivity contribution in [3.05, 3.63) is 12.3 Å². The van der Waals surface area contributed by atoms with Crippen molar-refractivity contribution in [3.8, 4) is 0 Å². The summed E-state index contributed by atoms with van der Waals surface area (Å²) in [5.41, 5.74) is 1.20. The normalized spacial score (nSPS) is 12.5. The van der Waals surface area contributed by atoms with Gasteiger partial charge < -0.3 is 5.32 Å². The summed E-state index contributed by atoms with van der Waals surface area (Å²) in [5, 5.41) is 3.37. The smallest absolute Gasteiger partial charge is 0.0153 e. The van der Waals surface area contributed by atoms with Gasteiger partial charge in [-0.25, -0.2) is 0 Å². The van der Waals surface area contributed by atoms with Crippen LogP contribution in [0.4, 0.5) is 0 Å². The molecule has 1 N–H and O–H groups in total. The third kappa shape index (κ3) is 8.60. The van der Waals surface area contributed by atoms with Gasteiger partial charge in [-0.1, -0.05) is 55.9 Å². The van der Waals surface area contributed by atoms with Crippen LogP contribution in [0.2, 0.25) is 0 Å². The minimum Gasteiger partial charge on any atom is -0.389 e. The fourth-order valence-corrected chi connectivity index (χ4v) is 2.19. The number of allylic oxidation sites excluding steroid dienone is 1. The van der Waals surface area contributed by atoms with Crippen LogP contribution in [0.15, 0.2) is 12.3 Å². The van der Waals surface area contributed by atoms with E-state index in [-0.39, 0.29) is 0 Å². The van der Waals surface area contributed by atoms with Crippen LogP contribution in [0.25, 0.3) is 0 Å². The zero-order valence-electron chi connectivity index (χ0n) is 8.91. The molecule has 2 heteroatoms. The van der Waals surface area contributed by atoms with E-state index in [0.717, 1.165) is 16.9 Å². The van der Waals surface area contributed by atoms with Crippen molar-refractivity contribution in [2.45, 2.75) is 49.9 Å². The average molecular weight is 295 g/mol. The lowest BCUT2D eigenvalue weighted by Crippen LogP contribution is -2.17. The Morgan fingerprint density at radius 2 is 2.00 bits per heavy atom. The van der Waals surface area contributed by atoms with Crippen molar-refractivity contribution < 1.29 is 0 Å². The molecule has 0 spiro atoms. The predicted molar refractivity (Wildman–Crippen MR) is 69.4 cm³/mol. The minimum atomic E-state index is 0.824. The molecular weight excluding hydrogens is 273 g/mol. The monoisotopic (exact) mass is 295 g/mol. The van der Waals surface area contributed by atoms with Gasteiger partial charge in [0.1, 0.15) is 0 Å². The van der Waals surface area contributed by atoms with Crippen LogP contribution < -0.4 is 5.32 Å². The van der Waals surface area contributed by atoms with Crippen molar-refractivity contribution in [3.63, 3.8) is 0 Å². The van der Waals surface area contributed by atoms with Crippen LogP contribution in [-0.2, 0) is 0 Å². The highest BCUT2D eigenvalue weighted by Crippen LogP contribution is 2.12. The number of hydrogen-bond donors (Lipinski definition) is 1. The van der Waals surface area contributed by atoms with Gasteiger partial charge in [0, 0.05) is 16.2 Å². The third-order valence-corrected chi connectivity index (χ3v) is 3.23. The molecular formula is C11H22IN. The van der Waals surface area contributed by atoms with E-state index in [0.29, 0.717) is 0 Å². The quantitative estimate of drug-likeness (QED) is 0.529. The van der Waals surface area contributed by atoms with Gasteiger partial charge in [-0.15, -0.1) is 0 Å². The number of rotatable bonds is 8. The zero-order valence-corrected chi connectivity index (χ0v) is 11.1. The molecule has 0 aromatic rings. The molecule has 0 bridgehead atoms. The van der Waals surface area contributed by atoms with Gasteiger partial charge in [-0.05, 0) is 19.3 Å². The summed E-state index contributed by atoms with van der Waals surface area (Å²) < 4.78 is 0.824. The first kappa shape index (κ1) is 13.3. The van der Waals surface area contributed by atoms with E-state index in [9.17, 15) is 0 Å². The summed E-state index contributed by atoms with van der Waals surface area (Å²) in [4.78, 5) is 0. The molecule has 0 rings (SSSR count). The molecule has 78 valence electrons. The molecule has 1 atom stereocenters. The second kappa shape index (κ2) is 8.85. The van der Waals surface area contributed by atoms with Crippen LogP contribution in [0, 0.1) is 0 Å². The van der Waals surface area contributed by atoms with E-state index in [1.165, 1.54) is 31.4 Å². The maximum absolute atomic E-state index is 3.97. The van der Waals surface area contributed by atoms with Gasteiger partial charge in [0.25, 0.3) is 0 Å². The van der Waals surface area contributed by atoms with Gasteiger partial charge in [-0.2, -0.15) is 0 Å². The average Bonchev–Trinajstić information content (AvgIpc) is 2.05. The first-order chi connectivity index (χ1) is 6.20. The minimum absolute atomic E-state index is 0.824. The Labute approximate surface area is 96.5 Å². The Balaban J connectivity index is 3.28. The van der Waals surface area contributed by atoms with Crippen molar-refractivity contribution >= 4 is 22.6 Å². The summed E-state index contributed by atoms with van der Waals surface area (Å²) in [7, 11) is 0. The first-order valence-electron chi connectivity index (χ1n) is 5.26. The van der Waals surface area contributed by atoms with E-state index in [1.54, 1.807) is 0 Å². The Bertz CT molecular complexity index is 134. The SMILES string of the molecule is C=C(CCC)NCCC(I)CCC. The van der Waals surface area contributed by atoms with Crippen LogP contribution in [0.5, 0.6) is 0 Å². The lowest BCUT2D eigenvalue weighted by molar-refractivity contribution is 0.650. The van der Waals surface area contributed by atoms with Crippen molar-refractivity contribution in [2.24, 2.45) is 0 Å². The number of nitrogens with one attached hydrogen (secondary N) is 1. The van der Waals surface area contributed by atoms with Crippen LogP contribution in [-0.4, -0.2) is 10.5 Å². The zero-order chi connectivity index (χ0) is 10.1. The molecule has 0 radical (unpaired) electrons. The third-order valence-electron chi connectivity index (χ3n) is 1.99. The molecule has 0 heterocycles. The number of alkyl halides is 1. The van der Waals surface area contributed by atoms with E-state index >= 15 is 0 Å². The van der Waals surface area contributed by atoms with E-state index in [4.69, 9.17) is 0 Å². The second-order valence-corrected chi connectivity index (χ2v) is 5.22. The Hall–Kier alpha value is 0.270. The van der Waals surface area contributed by atoms with Crippen LogP contribution in [0.1, 0.15) is 46.0 Å². The van der Waals surface area contributed by atoms with Gasteiger partial charge in [0.15, 0.2) is 0 Å². The maximum Gasteiger partial charge on any atom is 0.0153 e. The highest BCUT2D eigenvalue weighted by atomic mass is 127. The molecule has 0 aliphatic heterocycles. The Kier molecular flexibility index (Phi) is 9.03. The fraction of sp³-hybridized carbons (Fsp3) is 0.818. The first-order valence-corrected chi connectivity index (χ1v) is 6.51. The van der Waals surface area contributed by atoms with E-state index < -0.39 is 0 Å². The summed E-state index contributed by atoms with van der Waals surface area (Å²) in [6.45, 7) is 9.49. The van der Waals surface area contributed by atoms with Gasteiger partial charge in [-0.3, -0.25) is 0 Å². The molecule has 0 aliphatic carbocycles. The van der Waals surface area contributed by atoms with Crippen molar-refractivity contribution in [1.29, 1.82) is 0 Å². The summed E-state index contributed by atoms with van der Waals surface area (Å²) in [6, 6.07) is 0. The van der Waals surface area contributed by atoms with Crippen molar-refractivity contribution in [1.82, 2.24) is 5.32 Å². The van der Waals surface area contributed by atoms with Crippen LogP contribution in [0.3, 0.4) is 0 Å². The van der Waals surface area contributed by atoms with E-state index in [2.05, 4.69) is 48.3 Å². The molecule has 0 amide bonds. The number of hydrogen-bond acceptors (Lipinski definition) is 1. The molecule has 1 nitrogen and oxygen atoms in total. The largest absolute Gasteiger partial charge is 0.389 e. The lowest BCUT2D eigenvalue weighted by Gasteiger charge is -2.11. The molecule has 0 aliphatic rings. The van der Waals surface area contributed by atoms with E-state index in [1.807, 2.05) is 0 Å². The van der Waals surface area contributed by atoms with Gasteiger partial charge in [0.2, 0.25) is 0 Å². The highest BCUT2D eigenvalue weighted by Gasteiger charge is 2.01.